The fraction of sp³-hybridized carbons (Fsp3) is 0.500. The molecule has 84 valence electrons. The van der Waals surface area contributed by atoms with Crippen molar-refractivity contribution < 1.29 is 9.47 Å². The fourth-order valence-corrected chi connectivity index (χ4v) is 1.60. The third-order valence-electron chi connectivity index (χ3n) is 2.38. The minimum atomic E-state index is 0.600. The van der Waals surface area contributed by atoms with Crippen molar-refractivity contribution in [3.8, 4) is 5.75 Å². The van der Waals surface area contributed by atoms with Crippen LogP contribution in [0.4, 0.5) is 0 Å². The summed E-state index contributed by atoms with van der Waals surface area (Å²) < 4.78 is 10.5. The summed E-state index contributed by atoms with van der Waals surface area (Å²) in [6.07, 6.45) is 0.992. The molecule has 0 aliphatic carbocycles. The van der Waals surface area contributed by atoms with Gasteiger partial charge < -0.3 is 14.8 Å². The summed E-state index contributed by atoms with van der Waals surface area (Å²) >= 11 is 0. The number of rotatable bonds is 6. The Morgan fingerprint density at radius 2 is 2.07 bits per heavy atom. The number of hydrogen-bond acceptors (Lipinski definition) is 3. The maximum Gasteiger partial charge on any atom is 0.124 e. The van der Waals surface area contributed by atoms with Crippen LogP contribution in [0, 0.1) is 0 Å². The average Bonchev–Trinajstić information content (AvgIpc) is 2.28. The number of likely N-dealkylation sites (N-methyl/N-ethyl adjacent to an activating group) is 1. The first-order valence-corrected chi connectivity index (χ1v) is 5.11. The Morgan fingerprint density at radius 3 is 2.67 bits per heavy atom. The highest BCUT2D eigenvalue weighted by Gasteiger charge is 2.07. The molecular weight excluding hydrogens is 190 g/mol. The summed E-state index contributed by atoms with van der Waals surface area (Å²) in [4.78, 5) is 0. The number of methoxy groups -OCH3 is 2. The second kappa shape index (κ2) is 6.43. The smallest absolute Gasteiger partial charge is 0.124 e. The first-order chi connectivity index (χ1) is 7.33. The van der Waals surface area contributed by atoms with E-state index in [0.29, 0.717) is 6.61 Å². The van der Waals surface area contributed by atoms with Gasteiger partial charge in [-0.15, -0.1) is 0 Å². The zero-order chi connectivity index (χ0) is 11.1. The molecule has 0 amide bonds. The molecule has 0 spiro atoms. The van der Waals surface area contributed by atoms with E-state index in [1.807, 2.05) is 19.2 Å². The van der Waals surface area contributed by atoms with E-state index >= 15 is 0 Å². The van der Waals surface area contributed by atoms with Crippen LogP contribution in [0.1, 0.15) is 11.1 Å². The lowest BCUT2D eigenvalue weighted by atomic mass is 10.0. The Hall–Kier alpha value is -1.06. The molecule has 0 unspecified atom stereocenters. The lowest BCUT2D eigenvalue weighted by Gasteiger charge is -2.13. The quantitative estimate of drug-likeness (QED) is 0.772. The molecule has 0 aromatic heterocycles. The van der Waals surface area contributed by atoms with Gasteiger partial charge in [0.25, 0.3) is 0 Å². The molecule has 0 aliphatic rings. The molecule has 0 fully saturated rings. The number of ether oxygens (including phenoxy) is 2. The summed E-state index contributed by atoms with van der Waals surface area (Å²) in [5.41, 5.74) is 2.43. The highest BCUT2D eigenvalue weighted by Crippen LogP contribution is 2.23. The number of benzene rings is 1. The van der Waals surface area contributed by atoms with Crippen LogP contribution >= 0.6 is 0 Å². The van der Waals surface area contributed by atoms with Crippen LogP contribution < -0.4 is 10.1 Å². The molecule has 15 heavy (non-hydrogen) atoms. The predicted molar refractivity (Wildman–Crippen MR) is 61.3 cm³/mol. The van der Waals surface area contributed by atoms with Gasteiger partial charge in [-0.3, -0.25) is 0 Å². The van der Waals surface area contributed by atoms with E-state index in [2.05, 4.69) is 11.4 Å². The van der Waals surface area contributed by atoms with E-state index in [0.717, 1.165) is 24.3 Å². The Bertz CT molecular complexity index is 300. The summed E-state index contributed by atoms with van der Waals surface area (Å²) in [6, 6.07) is 6.11. The van der Waals surface area contributed by atoms with Crippen molar-refractivity contribution >= 4 is 0 Å². The molecule has 0 bridgehead atoms. The lowest BCUT2D eigenvalue weighted by molar-refractivity contribution is 0.181. The molecule has 0 saturated heterocycles. The summed E-state index contributed by atoms with van der Waals surface area (Å²) in [7, 11) is 5.35. The zero-order valence-electron chi connectivity index (χ0n) is 9.67. The summed E-state index contributed by atoms with van der Waals surface area (Å²) in [6.45, 7) is 1.56. The van der Waals surface area contributed by atoms with Crippen LogP contribution in [-0.4, -0.2) is 27.8 Å². The van der Waals surface area contributed by atoms with Gasteiger partial charge in [-0.2, -0.15) is 0 Å². The first kappa shape index (κ1) is 12.0. The van der Waals surface area contributed by atoms with Crippen molar-refractivity contribution in [3.05, 3.63) is 29.3 Å². The molecule has 0 heterocycles. The maximum absolute atomic E-state index is 5.32. The molecule has 1 aromatic carbocycles. The molecular formula is C12H19NO2. The van der Waals surface area contributed by atoms with Gasteiger partial charge in [-0.1, -0.05) is 12.1 Å². The third-order valence-corrected chi connectivity index (χ3v) is 2.38. The Labute approximate surface area is 91.4 Å². The Balaban J connectivity index is 2.90. The molecule has 3 heteroatoms. The SMILES string of the molecule is CNCCc1cccc(OC)c1COC. The highest BCUT2D eigenvalue weighted by atomic mass is 16.5. The van der Waals surface area contributed by atoms with Crippen molar-refractivity contribution in [2.45, 2.75) is 13.0 Å². The second-order valence-corrected chi connectivity index (χ2v) is 3.38. The van der Waals surface area contributed by atoms with Crippen LogP contribution in [0.3, 0.4) is 0 Å². The van der Waals surface area contributed by atoms with Gasteiger partial charge in [0.2, 0.25) is 0 Å². The molecule has 1 rings (SSSR count). The number of hydrogen-bond donors (Lipinski definition) is 1. The predicted octanol–water partition coefficient (Wildman–Crippen LogP) is 1.60. The van der Waals surface area contributed by atoms with Gasteiger partial charge >= 0.3 is 0 Å². The van der Waals surface area contributed by atoms with Gasteiger partial charge in [0.05, 0.1) is 13.7 Å². The molecule has 0 atom stereocenters. The van der Waals surface area contributed by atoms with E-state index < -0.39 is 0 Å². The van der Waals surface area contributed by atoms with Crippen molar-refractivity contribution in [1.82, 2.24) is 5.32 Å². The van der Waals surface area contributed by atoms with Crippen LogP contribution in [0.2, 0.25) is 0 Å². The minimum Gasteiger partial charge on any atom is -0.496 e. The van der Waals surface area contributed by atoms with E-state index in [1.165, 1.54) is 5.56 Å². The standard InChI is InChI=1S/C12H19NO2/c1-13-8-7-10-5-4-6-12(15-3)11(10)9-14-2/h4-6,13H,7-9H2,1-3H3. The van der Waals surface area contributed by atoms with Crippen molar-refractivity contribution in [1.29, 1.82) is 0 Å². The van der Waals surface area contributed by atoms with Gasteiger partial charge in [0, 0.05) is 12.7 Å². The van der Waals surface area contributed by atoms with Crippen molar-refractivity contribution in [3.63, 3.8) is 0 Å². The topological polar surface area (TPSA) is 30.5 Å². The van der Waals surface area contributed by atoms with Crippen LogP contribution in [0.15, 0.2) is 18.2 Å². The van der Waals surface area contributed by atoms with E-state index in [9.17, 15) is 0 Å². The summed E-state index contributed by atoms with van der Waals surface area (Å²) in [5, 5.41) is 3.14. The third kappa shape index (κ3) is 3.22. The maximum atomic E-state index is 5.32. The van der Waals surface area contributed by atoms with Crippen LogP contribution in [0.25, 0.3) is 0 Å². The Kier molecular flexibility index (Phi) is 5.15. The molecule has 0 saturated carbocycles. The van der Waals surface area contributed by atoms with Crippen LogP contribution in [-0.2, 0) is 17.8 Å². The van der Waals surface area contributed by atoms with Crippen LogP contribution in [0.5, 0.6) is 5.75 Å². The molecule has 0 aliphatic heterocycles. The molecule has 3 nitrogen and oxygen atoms in total. The second-order valence-electron chi connectivity index (χ2n) is 3.38. The highest BCUT2D eigenvalue weighted by molar-refractivity contribution is 5.40. The van der Waals surface area contributed by atoms with Gasteiger partial charge in [-0.25, -0.2) is 0 Å². The van der Waals surface area contributed by atoms with Gasteiger partial charge in [0.15, 0.2) is 0 Å². The lowest BCUT2D eigenvalue weighted by Crippen LogP contribution is -2.12. The number of nitrogens with one attached hydrogen (secondary N) is 1. The zero-order valence-corrected chi connectivity index (χ0v) is 9.67. The molecule has 1 N–H and O–H groups in total. The van der Waals surface area contributed by atoms with Gasteiger partial charge in [-0.05, 0) is 31.6 Å². The van der Waals surface area contributed by atoms with E-state index in [4.69, 9.17) is 9.47 Å². The Morgan fingerprint density at radius 1 is 1.27 bits per heavy atom. The van der Waals surface area contributed by atoms with Crippen molar-refractivity contribution in [2.24, 2.45) is 0 Å². The largest absolute Gasteiger partial charge is 0.496 e. The molecule has 1 aromatic rings. The first-order valence-electron chi connectivity index (χ1n) is 5.11. The molecule has 0 radical (unpaired) electrons. The van der Waals surface area contributed by atoms with Crippen molar-refractivity contribution in [2.75, 3.05) is 27.8 Å². The minimum absolute atomic E-state index is 0.600. The summed E-state index contributed by atoms with van der Waals surface area (Å²) in [5.74, 6) is 0.908. The average molecular weight is 209 g/mol. The fourth-order valence-electron chi connectivity index (χ4n) is 1.60. The van der Waals surface area contributed by atoms with Gasteiger partial charge in [0.1, 0.15) is 5.75 Å². The van der Waals surface area contributed by atoms with E-state index in [1.54, 1.807) is 14.2 Å². The monoisotopic (exact) mass is 209 g/mol. The normalized spacial score (nSPS) is 10.3. The van der Waals surface area contributed by atoms with E-state index in [-0.39, 0.29) is 0 Å².